The van der Waals surface area contributed by atoms with Gasteiger partial charge in [-0.2, -0.15) is 0 Å². The summed E-state index contributed by atoms with van der Waals surface area (Å²) in [6.07, 6.45) is 3.89. The number of aromatic hydroxyl groups is 1. The van der Waals surface area contributed by atoms with Crippen molar-refractivity contribution in [2.75, 3.05) is 13.1 Å². The lowest BCUT2D eigenvalue weighted by molar-refractivity contribution is 0.136. The Morgan fingerprint density at radius 3 is 2.60 bits per heavy atom. The van der Waals surface area contributed by atoms with Gasteiger partial charge in [-0.05, 0) is 46.2 Å². The third-order valence-electron chi connectivity index (χ3n) is 4.39. The van der Waals surface area contributed by atoms with E-state index < -0.39 is 0 Å². The molecular formula is C17H28N2O. The molecule has 2 rings (SSSR count). The molecule has 2 N–H and O–H groups in total. The summed E-state index contributed by atoms with van der Waals surface area (Å²) < 4.78 is 0. The van der Waals surface area contributed by atoms with Gasteiger partial charge in [0.25, 0.3) is 0 Å². The van der Waals surface area contributed by atoms with Crippen LogP contribution in [0.4, 0.5) is 0 Å². The molecule has 112 valence electrons. The zero-order valence-electron chi connectivity index (χ0n) is 13.0. The number of benzene rings is 1. The standard InChI is InChI=1S/C17H28N2O/c1-13(2)19(12-15-8-6-7-11-18-15)14(3)16-9-4-5-10-17(16)20/h4-5,9-10,13-15,18,20H,6-8,11-12H2,1-3H3. The van der Waals surface area contributed by atoms with E-state index in [0.29, 0.717) is 17.8 Å². The van der Waals surface area contributed by atoms with Crippen molar-refractivity contribution in [3.05, 3.63) is 29.8 Å². The van der Waals surface area contributed by atoms with Gasteiger partial charge >= 0.3 is 0 Å². The van der Waals surface area contributed by atoms with Gasteiger partial charge in [0.15, 0.2) is 0 Å². The van der Waals surface area contributed by atoms with E-state index in [2.05, 4.69) is 31.0 Å². The number of hydrogen-bond acceptors (Lipinski definition) is 3. The van der Waals surface area contributed by atoms with E-state index in [0.717, 1.165) is 18.7 Å². The van der Waals surface area contributed by atoms with Crippen molar-refractivity contribution in [1.29, 1.82) is 0 Å². The number of nitrogens with one attached hydrogen (secondary N) is 1. The van der Waals surface area contributed by atoms with Crippen molar-refractivity contribution in [1.82, 2.24) is 10.2 Å². The molecule has 0 radical (unpaired) electrons. The van der Waals surface area contributed by atoms with E-state index in [-0.39, 0.29) is 6.04 Å². The van der Waals surface area contributed by atoms with Crippen LogP contribution < -0.4 is 5.32 Å². The van der Waals surface area contributed by atoms with Crippen molar-refractivity contribution in [3.8, 4) is 5.75 Å². The molecule has 0 aromatic heterocycles. The van der Waals surface area contributed by atoms with Gasteiger partial charge in [0.05, 0.1) is 0 Å². The second-order valence-electron chi connectivity index (χ2n) is 6.17. The fraction of sp³-hybridized carbons (Fsp3) is 0.647. The normalized spacial score (nSPS) is 21.4. The predicted octanol–water partition coefficient (Wildman–Crippen LogP) is 3.31. The Hall–Kier alpha value is -1.06. The number of rotatable bonds is 5. The third kappa shape index (κ3) is 3.74. The lowest BCUT2D eigenvalue weighted by Crippen LogP contribution is -2.46. The lowest BCUT2D eigenvalue weighted by atomic mass is 10.00. The van der Waals surface area contributed by atoms with Gasteiger partial charge in [-0.1, -0.05) is 24.6 Å². The Labute approximate surface area is 123 Å². The molecule has 2 atom stereocenters. The number of phenols is 1. The Bertz CT molecular complexity index is 413. The van der Waals surface area contributed by atoms with Crippen LogP contribution in [0, 0.1) is 0 Å². The second-order valence-corrected chi connectivity index (χ2v) is 6.17. The van der Waals surface area contributed by atoms with Crippen LogP contribution in [-0.2, 0) is 0 Å². The molecule has 0 spiro atoms. The molecular weight excluding hydrogens is 248 g/mol. The average Bonchev–Trinajstić information content (AvgIpc) is 2.45. The van der Waals surface area contributed by atoms with Gasteiger partial charge in [-0.15, -0.1) is 0 Å². The minimum atomic E-state index is 0.236. The van der Waals surface area contributed by atoms with Gasteiger partial charge in [0.1, 0.15) is 5.75 Å². The first-order valence-electron chi connectivity index (χ1n) is 7.86. The van der Waals surface area contributed by atoms with Crippen LogP contribution in [0.2, 0.25) is 0 Å². The summed E-state index contributed by atoms with van der Waals surface area (Å²) in [7, 11) is 0. The molecule has 0 aliphatic carbocycles. The molecule has 1 saturated heterocycles. The molecule has 1 fully saturated rings. The topological polar surface area (TPSA) is 35.5 Å². The minimum Gasteiger partial charge on any atom is -0.508 e. The minimum absolute atomic E-state index is 0.236. The van der Waals surface area contributed by atoms with E-state index in [1.54, 1.807) is 6.07 Å². The number of nitrogens with zero attached hydrogens (tertiary/aromatic N) is 1. The third-order valence-corrected chi connectivity index (χ3v) is 4.39. The molecule has 1 aliphatic heterocycles. The fourth-order valence-corrected chi connectivity index (χ4v) is 3.17. The van der Waals surface area contributed by atoms with E-state index in [4.69, 9.17) is 0 Å². The smallest absolute Gasteiger partial charge is 0.120 e. The molecule has 20 heavy (non-hydrogen) atoms. The first-order valence-corrected chi connectivity index (χ1v) is 7.86. The maximum atomic E-state index is 10.1. The maximum Gasteiger partial charge on any atom is 0.120 e. The van der Waals surface area contributed by atoms with Crippen LogP contribution in [0.3, 0.4) is 0 Å². The summed E-state index contributed by atoms with van der Waals surface area (Å²) in [5.41, 5.74) is 1.03. The van der Waals surface area contributed by atoms with Crippen molar-refractivity contribution in [3.63, 3.8) is 0 Å². The van der Waals surface area contributed by atoms with Crippen LogP contribution >= 0.6 is 0 Å². The van der Waals surface area contributed by atoms with Crippen LogP contribution in [0.5, 0.6) is 5.75 Å². The summed E-state index contributed by atoms with van der Waals surface area (Å²) in [4.78, 5) is 2.48. The van der Waals surface area contributed by atoms with Crippen LogP contribution in [-0.4, -0.2) is 35.2 Å². The molecule has 0 saturated carbocycles. The largest absolute Gasteiger partial charge is 0.508 e. The SMILES string of the molecule is CC(C)N(CC1CCCCN1)C(C)c1ccccc1O. The number of para-hydroxylation sites is 1. The molecule has 3 heteroatoms. The highest BCUT2D eigenvalue weighted by atomic mass is 16.3. The second kappa shape index (κ2) is 7.09. The predicted molar refractivity (Wildman–Crippen MR) is 84.0 cm³/mol. The van der Waals surface area contributed by atoms with Crippen molar-refractivity contribution >= 4 is 0 Å². The number of phenolic OH excluding ortho intramolecular Hbond substituents is 1. The highest BCUT2D eigenvalue weighted by Crippen LogP contribution is 2.29. The van der Waals surface area contributed by atoms with Gasteiger partial charge in [0.2, 0.25) is 0 Å². The van der Waals surface area contributed by atoms with Gasteiger partial charge in [0, 0.05) is 30.2 Å². The summed E-state index contributed by atoms with van der Waals surface area (Å²) in [6.45, 7) is 8.85. The molecule has 2 unspecified atom stereocenters. The van der Waals surface area contributed by atoms with E-state index in [1.807, 2.05) is 18.2 Å². The van der Waals surface area contributed by atoms with Crippen molar-refractivity contribution < 1.29 is 5.11 Å². The molecule has 0 bridgehead atoms. The summed E-state index contributed by atoms with van der Waals surface area (Å²) in [5, 5.41) is 13.7. The summed E-state index contributed by atoms with van der Waals surface area (Å²) in [6, 6.07) is 8.98. The zero-order chi connectivity index (χ0) is 14.5. The van der Waals surface area contributed by atoms with Crippen LogP contribution in [0.25, 0.3) is 0 Å². The van der Waals surface area contributed by atoms with E-state index in [1.165, 1.54) is 19.3 Å². The Morgan fingerprint density at radius 2 is 2.00 bits per heavy atom. The fourth-order valence-electron chi connectivity index (χ4n) is 3.17. The number of piperidine rings is 1. The van der Waals surface area contributed by atoms with Gasteiger partial charge in [-0.25, -0.2) is 0 Å². The first kappa shape index (κ1) is 15.3. The van der Waals surface area contributed by atoms with Crippen LogP contribution in [0.15, 0.2) is 24.3 Å². The quantitative estimate of drug-likeness (QED) is 0.866. The average molecular weight is 276 g/mol. The number of hydrogen-bond donors (Lipinski definition) is 2. The van der Waals surface area contributed by atoms with Crippen LogP contribution in [0.1, 0.15) is 51.6 Å². The Balaban J connectivity index is 2.09. The summed E-state index contributed by atoms with van der Waals surface area (Å²) in [5.74, 6) is 0.405. The highest BCUT2D eigenvalue weighted by Gasteiger charge is 2.24. The molecule has 1 aromatic carbocycles. The maximum absolute atomic E-state index is 10.1. The molecule has 1 heterocycles. The Morgan fingerprint density at radius 1 is 1.25 bits per heavy atom. The van der Waals surface area contributed by atoms with Crippen molar-refractivity contribution in [2.45, 2.75) is 58.2 Å². The molecule has 1 aromatic rings. The monoisotopic (exact) mass is 276 g/mol. The molecule has 1 aliphatic rings. The van der Waals surface area contributed by atoms with E-state index in [9.17, 15) is 5.11 Å². The highest BCUT2D eigenvalue weighted by molar-refractivity contribution is 5.34. The lowest BCUT2D eigenvalue weighted by Gasteiger charge is -2.37. The zero-order valence-corrected chi connectivity index (χ0v) is 13.0. The van der Waals surface area contributed by atoms with Gasteiger partial charge in [-0.3, -0.25) is 4.90 Å². The van der Waals surface area contributed by atoms with Gasteiger partial charge < -0.3 is 10.4 Å². The molecule has 3 nitrogen and oxygen atoms in total. The Kier molecular flexibility index (Phi) is 5.44. The van der Waals surface area contributed by atoms with E-state index >= 15 is 0 Å². The first-order chi connectivity index (χ1) is 9.59. The van der Waals surface area contributed by atoms with Crippen molar-refractivity contribution in [2.24, 2.45) is 0 Å². The molecule has 0 amide bonds. The summed E-state index contributed by atoms with van der Waals surface area (Å²) >= 11 is 0.